The Labute approximate surface area is 235 Å². The highest BCUT2D eigenvalue weighted by atomic mass is 32.1. The van der Waals surface area contributed by atoms with Gasteiger partial charge in [-0.05, 0) is 75.6 Å². The molecule has 0 spiro atoms. The molecule has 6 rings (SSSR count). The molecule has 40 heavy (non-hydrogen) atoms. The lowest BCUT2D eigenvalue weighted by atomic mass is 9.97. The predicted molar refractivity (Wildman–Crippen MR) is 161 cm³/mol. The van der Waals surface area contributed by atoms with Crippen molar-refractivity contribution < 1.29 is 4.74 Å². The standard InChI is InChI=1S/C31H30N6O2S/c1-17(2)39-24-12-11-22(13-18(24)3)28-27-29(32)33-16-34-30(27)37(35-28)20(5)23-14-25-36(19(4)15-40-25)31(38)26(23)21-9-7-6-8-10-21/h6-17,20H,1-5H3,(H2,32,33,34)/t20-/m0/s1. The van der Waals surface area contributed by atoms with Crippen molar-refractivity contribution in [2.75, 3.05) is 5.73 Å². The Morgan fingerprint density at radius 2 is 1.75 bits per heavy atom. The van der Waals surface area contributed by atoms with Crippen LogP contribution in [0.25, 0.3) is 38.2 Å². The number of nitrogens with zero attached hydrogens (tertiary/aromatic N) is 5. The fraction of sp³-hybridized carbons (Fsp3) is 0.226. The molecular weight excluding hydrogens is 520 g/mol. The quantitative estimate of drug-likeness (QED) is 0.256. The largest absolute Gasteiger partial charge is 0.491 e. The van der Waals surface area contributed by atoms with E-state index in [0.29, 0.717) is 28.1 Å². The predicted octanol–water partition coefficient (Wildman–Crippen LogP) is 6.43. The van der Waals surface area contributed by atoms with Crippen LogP contribution in [0.4, 0.5) is 5.82 Å². The molecule has 6 aromatic rings. The van der Waals surface area contributed by atoms with Gasteiger partial charge < -0.3 is 10.5 Å². The molecule has 9 heteroatoms. The van der Waals surface area contributed by atoms with Crippen molar-refractivity contribution in [1.29, 1.82) is 0 Å². The summed E-state index contributed by atoms with van der Waals surface area (Å²) in [4.78, 5) is 23.7. The Morgan fingerprint density at radius 3 is 2.48 bits per heavy atom. The number of fused-ring (bicyclic) bond motifs is 2. The van der Waals surface area contributed by atoms with E-state index in [1.165, 1.54) is 6.33 Å². The number of thiazole rings is 1. The first-order valence-electron chi connectivity index (χ1n) is 13.2. The molecular formula is C31H30N6O2S. The van der Waals surface area contributed by atoms with Gasteiger partial charge >= 0.3 is 0 Å². The van der Waals surface area contributed by atoms with Gasteiger partial charge in [0.1, 0.15) is 28.4 Å². The van der Waals surface area contributed by atoms with Crippen LogP contribution in [0.15, 0.2) is 71.1 Å². The number of nitrogens with two attached hydrogens (primary N) is 1. The molecule has 8 nitrogen and oxygen atoms in total. The van der Waals surface area contributed by atoms with Gasteiger partial charge in [0, 0.05) is 16.6 Å². The second-order valence-corrected chi connectivity index (χ2v) is 11.2. The summed E-state index contributed by atoms with van der Waals surface area (Å²) in [5.41, 5.74) is 12.8. The number of rotatable bonds is 6. The summed E-state index contributed by atoms with van der Waals surface area (Å²) in [6, 6.07) is 17.5. The molecule has 2 N–H and O–H groups in total. The summed E-state index contributed by atoms with van der Waals surface area (Å²) in [5.74, 6) is 1.18. The molecule has 4 aromatic heterocycles. The molecule has 0 aliphatic carbocycles. The van der Waals surface area contributed by atoms with Crippen LogP contribution >= 0.6 is 11.3 Å². The summed E-state index contributed by atoms with van der Waals surface area (Å²) >= 11 is 1.55. The molecule has 202 valence electrons. The monoisotopic (exact) mass is 550 g/mol. The number of nitrogen functional groups attached to an aromatic ring is 1. The number of hydrogen-bond acceptors (Lipinski definition) is 7. The summed E-state index contributed by atoms with van der Waals surface area (Å²) in [6.45, 7) is 10.0. The average molecular weight is 551 g/mol. The summed E-state index contributed by atoms with van der Waals surface area (Å²) < 4.78 is 9.58. The molecule has 0 amide bonds. The van der Waals surface area contributed by atoms with Gasteiger partial charge in [0.15, 0.2) is 5.65 Å². The van der Waals surface area contributed by atoms with Gasteiger partial charge in [0.05, 0.1) is 23.1 Å². The van der Waals surface area contributed by atoms with Crippen molar-refractivity contribution >= 4 is 33.0 Å². The highest BCUT2D eigenvalue weighted by Crippen LogP contribution is 2.37. The molecule has 1 atom stereocenters. The van der Waals surface area contributed by atoms with Crippen molar-refractivity contribution in [3.05, 3.63) is 93.5 Å². The van der Waals surface area contributed by atoms with E-state index in [1.54, 1.807) is 15.7 Å². The maximum absolute atomic E-state index is 13.9. The van der Waals surface area contributed by atoms with Gasteiger partial charge in [-0.1, -0.05) is 30.3 Å². The van der Waals surface area contributed by atoms with Gasteiger partial charge in [-0.3, -0.25) is 9.20 Å². The average Bonchev–Trinajstić information content (AvgIpc) is 3.51. The van der Waals surface area contributed by atoms with Crippen LogP contribution in [0.2, 0.25) is 0 Å². The van der Waals surface area contributed by atoms with E-state index in [4.69, 9.17) is 15.6 Å². The number of aromatic nitrogens is 5. The Hall–Kier alpha value is -4.50. The maximum atomic E-state index is 13.9. The van der Waals surface area contributed by atoms with Crippen molar-refractivity contribution in [3.63, 3.8) is 0 Å². The van der Waals surface area contributed by atoms with Crippen molar-refractivity contribution in [1.82, 2.24) is 24.1 Å². The zero-order valence-electron chi connectivity index (χ0n) is 23.0. The number of anilines is 1. The zero-order valence-corrected chi connectivity index (χ0v) is 23.9. The van der Waals surface area contributed by atoms with Crippen LogP contribution in [0.1, 0.15) is 43.6 Å². The molecule has 0 saturated heterocycles. The molecule has 0 unspecified atom stereocenters. The number of pyridine rings is 1. The number of benzene rings is 2. The number of ether oxygens (including phenoxy) is 1. The highest BCUT2D eigenvalue weighted by Gasteiger charge is 2.25. The lowest BCUT2D eigenvalue weighted by molar-refractivity contribution is 0.241. The Kier molecular flexibility index (Phi) is 6.38. The zero-order chi connectivity index (χ0) is 28.1. The van der Waals surface area contributed by atoms with Crippen LogP contribution in [-0.4, -0.2) is 30.3 Å². The first-order chi connectivity index (χ1) is 19.2. The molecule has 0 fully saturated rings. The van der Waals surface area contributed by atoms with E-state index in [0.717, 1.165) is 38.5 Å². The van der Waals surface area contributed by atoms with Gasteiger partial charge in [-0.15, -0.1) is 11.3 Å². The first-order valence-corrected chi connectivity index (χ1v) is 14.1. The minimum absolute atomic E-state index is 0.0495. The Morgan fingerprint density at radius 1 is 0.975 bits per heavy atom. The maximum Gasteiger partial charge on any atom is 0.264 e. The fourth-order valence-corrected chi connectivity index (χ4v) is 6.15. The van der Waals surface area contributed by atoms with Crippen molar-refractivity contribution in [2.24, 2.45) is 0 Å². The molecule has 2 aromatic carbocycles. The third kappa shape index (κ3) is 4.23. The Bertz CT molecular complexity index is 1940. The van der Waals surface area contributed by atoms with E-state index in [1.807, 2.05) is 93.2 Å². The Balaban J connectivity index is 1.58. The topological polar surface area (TPSA) is 100 Å². The van der Waals surface area contributed by atoms with Crippen LogP contribution in [0, 0.1) is 13.8 Å². The van der Waals surface area contributed by atoms with Crippen LogP contribution in [0.3, 0.4) is 0 Å². The first kappa shape index (κ1) is 25.8. The molecule has 0 aliphatic heterocycles. The second kappa shape index (κ2) is 9.91. The summed E-state index contributed by atoms with van der Waals surface area (Å²) in [5, 5.41) is 7.75. The number of hydrogen-bond donors (Lipinski definition) is 1. The van der Waals surface area contributed by atoms with E-state index in [9.17, 15) is 4.79 Å². The van der Waals surface area contributed by atoms with Crippen molar-refractivity contribution in [3.8, 4) is 28.1 Å². The minimum Gasteiger partial charge on any atom is -0.491 e. The minimum atomic E-state index is -0.328. The van der Waals surface area contributed by atoms with Crippen molar-refractivity contribution in [2.45, 2.75) is 46.8 Å². The highest BCUT2D eigenvalue weighted by molar-refractivity contribution is 7.15. The van der Waals surface area contributed by atoms with Gasteiger partial charge in [-0.2, -0.15) is 5.10 Å². The smallest absolute Gasteiger partial charge is 0.264 e. The third-order valence-electron chi connectivity index (χ3n) is 7.12. The van der Waals surface area contributed by atoms with Crippen LogP contribution in [0.5, 0.6) is 5.75 Å². The van der Waals surface area contributed by atoms with Crippen LogP contribution in [-0.2, 0) is 0 Å². The van der Waals surface area contributed by atoms with E-state index in [-0.39, 0.29) is 17.7 Å². The van der Waals surface area contributed by atoms with Gasteiger partial charge in [0.25, 0.3) is 5.56 Å². The van der Waals surface area contributed by atoms with E-state index in [2.05, 4.69) is 16.0 Å². The third-order valence-corrected chi connectivity index (χ3v) is 8.12. The SMILES string of the molecule is Cc1cc(-c2nn([C@@H](C)c3cc4scc(C)n4c(=O)c3-c3ccccc3)c3ncnc(N)c23)ccc1OC(C)C. The second-order valence-electron chi connectivity index (χ2n) is 10.3. The van der Waals surface area contributed by atoms with E-state index >= 15 is 0 Å². The van der Waals surface area contributed by atoms with Gasteiger partial charge in [-0.25, -0.2) is 14.6 Å². The lowest BCUT2D eigenvalue weighted by Gasteiger charge is -2.18. The molecule has 0 bridgehead atoms. The normalized spacial score (nSPS) is 12.4. The van der Waals surface area contributed by atoms with Gasteiger partial charge in [0.2, 0.25) is 0 Å². The van der Waals surface area contributed by atoms with Crippen LogP contribution < -0.4 is 16.0 Å². The lowest BCUT2D eigenvalue weighted by Crippen LogP contribution is -2.21. The molecule has 0 radical (unpaired) electrons. The van der Waals surface area contributed by atoms with E-state index < -0.39 is 0 Å². The fourth-order valence-electron chi connectivity index (χ4n) is 5.23. The molecule has 0 saturated carbocycles. The molecule has 0 aliphatic rings. The summed E-state index contributed by atoms with van der Waals surface area (Å²) in [7, 11) is 0. The number of aryl methyl sites for hydroxylation is 2. The summed E-state index contributed by atoms with van der Waals surface area (Å²) in [6.07, 6.45) is 1.53. The molecule has 4 heterocycles.